The van der Waals surface area contributed by atoms with Gasteiger partial charge in [-0.3, -0.25) is 9.59 Å². The van der Waals surface area contributed by atoms with Crippen LogP contribution < -0.4 is 11.1 Å². The summed E-state index contributed by atoms with van der Waals surface area (Å²) in [6.07, 6.45) is 0.104. The average molecular weight is 319 g/mol. The maximum absolute atomic E-state index is 11.7. The second-order valence-corrected chi connectivity index (χ2v) is 5.77. The largest absolute Gasteiger partial charge is 0.469 e. The van der Waals surface area contributed by atoms with Gasteiger partial charge >= 0.3 is 5.97 Å². The number of rotatable bonds is 5. The lowest BCUT2D eigenvalue weighted by Crippen LogP contribution is -2.32. The molecule has 0 saturated heterocycles. The number of benzene rings is 1. The highest BCUT2D eigenvalue weighted by Gasteiger charge is 2.18. The number of anilines is 1. The zero-order valence-electron chi connectivity index (χ0n) is 12.3. The predicted molar refractivity (Wildman–Crippen MR) is 85.5 cm³/mol. The monoisotopic (exact) mass is 319 g/mol. The lowest BCUT2D eigenvalue weighted by atomic mass is 10.1. The summed E-state index contributed by atoms with van der Waals surface area (Å²) in [5, 5.41) is 3.07. The Morgan fingerprint density at radius 2 is 2.05 bits per heavy atom. The molecule has 0 unspecified atom stereocenters. The molecular weight excluding hydrogens is 302 g/mol. The van der Waals surface area contributed by atoms with Crippen molar-refractivity contribution in [1.29, 1.82) is 0 Å². The summed E-state index contributed by atoms with van der Waals surface area (Å²) in [5.74, 6) is -0.677. The van der Waals surface area contributed by atoms with E-state index in [4.69, 9.17) is 10.5 Å². The van der Waals surface area contributed by atoms with Crippen LogP contribution in [-0.2, 0) is 20.7 Å². The van der Waals surface area contributed by atoms with E-state index in [1.54, 1.807) is 6.92 Å². The van der Waals surface area contributed by atoms with Crippen LogP contribution in [0.4, 0.5) is 5.13 Å². The summed E-state index contributed by atoms with van der Waals surface area (Å²) in [7, 11) is 1.34. The standard InChI is InChI=1S/C15H17N3O3S/c1-9(16)14(20)18-15-17-13(10-6-4-3-5-7-10)11(22-15)8-12(19)21-2/h3-7,9H,8,16H2,1-2H3,(H,17,18,20)/t9-/m1/s1. The van der Waals surface area contributed by atoms with Crippen LogP contribution in [0.3, 0.4) is 0 Å². The van der Waals surface area contributed by atoms with E-state index in [1.807, 2.05) is 30.3 Å². The molecule has 1 heterocycles. The number of carbonyl (C=O) groups excluding carboxylic acids is 2. The number of carbonyl (C=O) groups is 2. The fraction of sp³-hybridized carbons (Fsp3) is 0.267. The summed E-state index contributed by atoms with van der Waals surface area (Å²) >= 11 is 1.24. The van der Waals surface area contributed by atoms with Crippen LogP contribution in [0.2, 0.25) is 0 Å². The van der Waals surface area contributed by atoms with Gasteiger partial charge in [-0.25, -0.2) is 4.98 Å². The highest BCUT2D eigenvalue weighted by atomic mass is 32.1. The third-order valence-electron chi connectivity index (χ3n) is 2.92. The molecule has 0 radical (unpaired) electrons. The van der Waals surface area contributed by atoms with Gasteiger partial charge in [-0.05, 0) is 6.92 Å². The van der Waals surface area contributed by atoms with Crippen molar-refractivity contribution in [2.24, 2.45) is 5.73 Å². The Labute approximate surface area is 132 Å². The number of nitrogens with zero attached hydrogens (tertiary/aromatic N) is 1. The molecular formula is C15H17N3O3S. The molecule has 0 aliphatic carbocycles. The van der Waals surface area contributed by atoms with Gasteiger partial charge in [0.2, 0.25) is 5.91 Å². The second-order valence-electron chi connectivity index (χ2n) is 4.69. The Morgan fingerprint density at radius 1 is 1.36 bits per heavy atom. The first-order valence-electron chi connectivity index (χ1n) is 6.69. The fourth-order valence-electron chi connectivity index (χ4n) is 1.77. The molecule has 0 aliphatic rings. The third-order valence-corrected chi connectivity index (χ3v) is 3.89. The van der Waals surface area contributed by atoms with Gasteiger partial charge in [0.05, 0.1) is 25.3 Å². The molecule has 3 N–H and O–H groups in total. The zero-order chi connectivity index (χ0) is 16.1. The van der Waals surface area contributed by atoms with E-state index in [0.29, 0.717) is 10.8 Å². The van der Waals surface area contributed by atoms with Crippen molar-refractivity contribution in [2.75, 3.05) is 12.4 Å². The van der Waals surface area contributed by atoms with E-state index in [-0.39, 0.29) is 18.3 Å². The van der Waals surface area contributed by atoms with Crippen molar-refractivity contribution in [3.05, 3.63) is 35.2 Å². The van der Waals surface area contributed by atoms with Gasteiger partial charge < -0.3 is 15.8 Å². The lowest BCUT2D eigenvalue weighted by Gasteiger charge is -2.03. The quantitative estimate of drug-likeness (QED) is 0.820. The van der Waals surface area contributed by atoms with E-state index >= 15 is 0 Å². The highest BCUT2D eigenvalue weighted by Crippen LogP contribution is 2.31. The molecule has 116 valence electrons. The van der Waals surface area contributed by atoms with Gasteiger partial charge in [-0.2, -0.15) is 0 Å². The molecule has 0 saturated carbocycles. The number of hydrogen-bond donors (Lipinski definition) is 2. The molecule has 1 aromatic carbocycles. The molecule has 7 heteroatoms. The molecule has 2 aromatic rings. The summed E-state index contributed by atoms with van der Waals surface area (Å²) in [6.45, 7) is 1.59. The van der Waals surface area contributed by atoms with E-state index < -0.39 is 6.04 Å². The van der Waals surface area contributed by atoms with E-state index in [1.165, 1.54) is 18.4 Å². The smallest absolute Gasteiger partial charge is 0.310 e. The number of methoxy groups -OCH3 is 1. The van der Waals surface area contributed by atoms with Crippen molar-refractivity contribution in [2.45, 2.75) is 19.4 Å². The minimum Gasteiger partial charge on any atom is -0.469 e. The Morgan fingerprint density at radius 3 is 2.64 bits per heavy atom. The first kappa shape index (κ1) is 16.1. The number of esters is 1. The number of hydrogen-bond acceptors (Lipinski definition) is 6. The third kappa shape index (κ3) is 3.90. The molecule has 22 heavy (non-hydrogen) atoms. The van der Waals surface area contributed by atoms with Gasteiger partial charge in [0.25, 0.3) is 0 Å². The Bertz CT molecular complexity index is 668. The van der Waals surface area contributed by atoms with Crippen LogP contribution in [0.25, 0.3) is 11.3 Å². The summed E-state index contributed by atoms with van der Waals surface area (Å²) in [6, 6.07) is 8.83. The van der Waals surface area contributed by atoms with Crippen molar-refractivity contribution in [1.82, 2.24) is 4.98 Å². The maximum Gasteiger partial charge on any atom is 0.310 e. The van der Waals surface area contributed by atoms with E-state index in [2.05, 4.69) is 10.3 Å². The van der Waals surface area contributed by atoms with Crippen LogP contribution in [0, 0.1) is 0 Å². The second kappa shape index (κ2) is 7.15. The number of amides is 1. The van der Waals surface area contributed by atoms with Gasteiger partial charge in [0, 0.05) is 10.4 Å². The van der Waals surface area contributed by atoms with Crippen molar-refractivity contribution < 1.29 is 14.3 Å². The van der Waals surface area contributed by atoms with Crippen LogP contribution >= 0.6 is 11.3 Å². The maximum atomic E-state index is 11.7. The first-order chi connectivity index (χ1) is 10.5. The summed E-state index contributed by atoms with van der Waals surface area (Å²) in [5.41, 5.74) is 7.07. The predicted octanol–water partition coefficient (Wildman–Crippen LogP) is 1.81. The number of aromatic nitrogens is 1. The van der Waals surface area contributed by atoms with Crippen LogP contribution in [0.1, 0.15) is 11.8 Å². The molecule has 0 fully saturated rings. The van der Waals surface area contributed by atoms with Gasteiger partial charge in [-0.1, -0.05) is 30.3 Å². The number of nitrogens with two attached hydrogens (primary N) is 1. The molecule has 6 nitrogen and oxygen atoms in total. The van der Waals surface area contributed by atoms with Gasteiger partial charge in [0.1, 0.15) is 0 Å². The van der Waals surface area contributed by atoms with Crippen molar-refractivity contribution >= 4 is 28.3 Å². The minimum absolute atomic E-state index is 0.104. The summed E-state index contributed by atoms with van der Waals surface area (Å²) < 4.78 is 4.71. The normalized spacial score (nSPS) is 11.8. The van der Waals surface area contributed by atoms with E-state index in [0.717, 1.165) is 10.4 Å². The van der Waals surface area contributed by atoms with Crippen LogP contribution in [0.5, 0.6) is 0 Å². The van der Waals surface area contributed by atoms with Crippen LogP contribution in [0.15, 0.2) is 30.3 Å². The van der Waals surface area contributed by atoms with Crippen molar-refractivity contribution in [3.8, 4) is 11.3 Å². The zero-order valence-corrected chi connectivity index (χ0v) is 13.1. The molecule has 2 rings (SSSR count). The number of thiazole rings is 1. The fourth-order valence-corrected chi connectivity index (χ4v) is 2.74. The van der Waals surface area contributed by atoms with Crippen molar-refractivity contribution in [3.63, 3.8) is 0 Å². The van der Waals surface area contributed by atoms with Gasteiger partial charge in [-0.15, -0.1) is 11.3 Å². The molecule has 0 spiro atoms. The average Bonchev–Trinajstić information content (AvgIpc) is 2.90. The summed E-state index contributed by atoms with van der Waals surface area (Å²) in [4.78, 5) is 28.4. The Hall–Kier alpha value is -2.25. The number of nitrogens with one attached hydrogen (secondary N) is 1. The lowest BCUT2D eigenvalue weighted by molar-refractivity contribution is -0.139. The molecule has 0 aliphatic heterocycles. The minimum atomic E-state index is -0.631. The Balaban J connectivity index is 2.35. The Kier molecular flexibility index (Phi) is 5.24. The highest BCUT2D eigenvalue weighted by molar-refractivity contribution is 7.16. The number of ether oxygens (including phenoxy) is 1. The SMILES string of the molecule is COC(=O)Cc1sc(NC(=O)[C@@H](C)N)nc1-c1ccccc1. The van der Waals surface area contributed by atoms with Gasteiger partial charge in [0.15, 0.2) is 5.13 Å². The molecule has 1 aromatic heterocycles. The molecule has 1 atom stereocenters. The topological polar surface area (TPSA) is 94.3 Å². The first-order valence-corrected chi connectivity index (χ1v) is 7.51. The van der Waals surface area contributed by atoms with E-state index in [9.17, 15) is 9.59 Å². The van der Waals surface area contributed by atoms with Crippen LogP contribution in [-0.4, -0.2) is 30.0 Å². The molecule has 0 bridgehead atoms. The molecule has 1 amide bonds.